The second kappa shape index (κ2) is 14.3. The van der Waals surface area contributed by atoms with Crippen LogP contribution in [0, 0.1) is 0 Å². The van der Waals surface area contributed by atoms with E-state index in [0.717, 1.165) is 28.3 Å². The fraction of sp³-hybridized carbons (Fsp3) is 0. The normalized spacial score (nSPS) is 11.0. The highest BCUT2D eigenvalue weighted by atomic mass is 15.1. The van der Waals surface area contributed by atoms with E-state index in [1.165, 1.54) is 55.3 Å². The first kappa shape index (κ1) is 31.9. The SMILES string of the molecule is c1ccc(-c2ccccc2-c2ccc(-c3ccc(N(c4ccccc4)c4ccc(-c5ccc(-c6ccccn6)c6ccccc56)cc4)cc3)cc2)cc1. The minimum Gasteiger partial charge on any atom is -0.311 e. The lowest BCUT2D eigenvalue weighted by Crippen LogP contribution is -2.09. The number of hydrogen-bond acceptors (Lipinski definition) is 2. The highest BCUT2D eigenvalue weighted by Crippen LogP contribution is 2.39. The first-order valence-electron chi connectivity index (χ1n) is 18.0. The van der Waals surface area contributed by atoms with E-state index in [-0.39, 0.29) is 0 Å². The van der Waals surface area contributed by atoms with Gasteiger partial charge in [0.25, 0.3) is 0 Å². The smallest absolute Gasteiger partial charge is 0.0708 e. The Bertz CT molecular complexity index is 2610. The van der Waals surface area contributed by atoms with Crippen molar-refractivity contribution in [3.63, 3.8) is 0 Å². The van der Waals surface area contributed by atoms with Crippen molar-refractivity contribution in [3.05, 3.63) is 219 Å². The maximum Gasteiger partial charge on any atom is 0.0708 e. The van der Waals surface area contributed by atoms with E-state index >= 15 is 0 Å². The summed E-state index contributed by atoms with van der Waals surface area (Å²) in [5.74, 6) is 0. The zero-order valence-corrected chi connectivity index (χ0v) is 29.2. The molecule has 8 aromatic carbocycles. The van der Waals surface area contributed by atoms with Gasteiger partial charge in [0, 0.05) is 28.8 Å². The summed E-state index contributed by atoms with van der Waals surface area (Å²) >= 11 is 0. The second-order valence-corrected chi connectivity index (χ2v) is 13.2. The molecule has 250 valence electrons. The molecule has 0 atom stereocenters. The molecule has 0 spiro atoms. The van der Waals surface area contributed by atoms with Gasteiger partial charge in [0.05, 0.1) is 5.69 Å². The van der Waals surface area contributed by atoms with Crippen LogP contribution in [0.2, 0.25) is 0 Å². The summed E-state index contributed by atoms with van der Waals surface area (Å²) < 4.78 is 0. The molecule has 9 rings (SSSR count). The number of anilines is 3. The zero-order valence-electron chi connectivity index (χ0n) is 29.2. The minimum atomic E-state index is 0.983. The number of hydrogen-bond donors (Lipinski definition) is 0. The highest BCUT2D eigenvalue weighted by Gasteiger charge is 2.15. The Kier molecular flexibility index (Phi) is 8.61. The van der Waals surface area contributed by atoms with Crippen LogP contribution in [-0.2, 0) is 0 Å². The number of fused-ring (bicyclic) bond motifs is 1. The Morgan fingerprint density at radius 3 is 1.28 bits per heavy atom. The van der Waals surface area contributed by atoms with Crippen molar-refractivity contribution >= 4 is 27.8 Å². The van der Waals surface area contributed by atoms with Gasteiger partial charge in [0.15, 0.2) is 0 Å². The predicted molar refractivity (Wildman–Crippen MR) is 224 cm³/mol. The Labute approximate surface area is 310 Å². The van der Waals surface area contributed by atoms with Gasteiger partial charge in [-0.05, 0) is 104 Å². The van der Waals surface area contributed by atoms with Crippen LogP contribution in [0.25, 0.3) is 66.5 Å². The summed E-state index contributed by atoms with van der Waals surface area (Å²) in [6, 6.07) is 75.7. The van der Waals surface area contributed by atoms with Gasteiger partial charge in [-0.3, -0.25) is 4.98 Å². The molecule has 0 amide bonds. The van der Waals surface area contributed by atoms with Crippen molar-refractivity contribution in [2.24, 2.45) is 0 Å². The Balaban J connectivity index is 1.02. The van der Waals surface area contributed by atoms with E-state index in [9.17, 15) is 0 Å². The molecule has 0 aliphatic heterocycles. The van der Waals surface area contributed by atoms with Gasteiger partial charge in [-0.15, -0.1) is 0 Å². The maximum absolute atomic E-state index is 4.63. The standard InChI is InChI=1S/C51H36N2/c1-3-13-39(14-4-1)45-17-7-8-18-46(45)40-24-22-37(23-25-40)38-26-30-43(31-27-38)53(42-15-5-2-6-16-42)44-32-28-41(29-33-44)47-34-35-50(51-21-11-12-36-52-51)49-20-10-9-19-48(47)49/h1-36H. The van der Waals surface area contributed by atoms with E-state index in [1.807, 2.05) is 18.3 Å². The molecule has 0 aliphatic rings. The van der Waals surface area contributed by atoms with E-state index in [4.69, 9.17) is 0 Å². The predicted octanol–water partition coefficient (Wildman–Crippen LogP) is 14.0. The molecule has 53 heavy (non-hydrogen) atoms. The lowest BCUT2D eigenvalue weighted by molar-refractivity contribution is 1.28. The van der Waals surface area contributed by atoms with Crippen molar-refractivity contribution < 1.29 is 0 Å². The molecular formula is C51H36N2. The third-order valence-corrected chi connectivity index (χ3v) is 9.98. The summed E-state index contributed by atoms with van der Waals surface area (Å²) in [5, 5.41) is 2.41. The number of benzene rings is 8. The quantitative estimate of drug-likeness (QED) is 0.159. The van der Waals surface area contributed by atoms with Crippen LogP contribution in [-0.4, -0.2) is 4.98 Å². The molecule has 0 bridgehead atoms. The van der Waals surface area contributed by atoms with Gasteiger partial charge in [-0.25, -0.2) is 0 Å². The van der Waals surface area contributed by atoms with Gasteiger partial charge in [0.2, 0.25) is 0 Å². The molecule has 9 aromatic rings. The number of nitrogens with zero attached hydrogens (tertiary/aromatic N) is 2. The lowest BCUT2D eigenvalue weighted by atomic mass is 9.93. The molecule has 0 fully saturated rings. The molecule has 1 heterocycles. The van der Waals surface area contributed by atoms with E-state index < -0.39 is 0 Å². The van der Waals surface area contributed by atoms with Crippen LogP contribution in [0.4, 0.5) is 17.1 Å². The van der Waals surface area contributed by atoms with Gasteiger partial charge in [-0.2, -0.15) is 0 Å². The fourth-order valence-electron chi connectivity index (χ4n) is 7.36. The Morgan fingerprint density at radius 1 is 0.264 bits per heavy atom. The topological polar surface area (TPSA) is 16.1 Å². The van der Waals surface area contributed by atoms with Crippen molar-refractivity contribution in [3.8, 4) is 55.8 Å². The van der Waals surface area contributed by atoms with Crippen LogP contribution < -0.4 is 4.90 Å². The highest BCUT2D eigenvalue weighted by molar-refractivity contribution is 6.04. The van der Waals surface area contributed by atoms with Crippen molar-refractivity contribution in [2.75, 3.05) is 4.90 Å². The molecule has 0 radical (unpaired) electrons. The summed E-state index contributed by atoms with van der Waals surface area (Å²) in [6.45, 7) is 0. The van der Waals surface area contributed by atoms with Crippen molar-refractivity contribution in [2.45, 2.75) is 0 Å². The molecule has 0 aliphatic carbocycles. The first-order valence-corrected chi connectivity index (χ1v) is 18.0. The average molecular weight is 677 g/mol. The molecular weight excluding hydrogens is 641 g/mol. The largest absolute Gasteiger partial charge is 0.311 e. The van der Waals surface area contributed by atoms with Crippen LogP contribution in [0.1, 0.15) is 0 Å². The second-order valence-electron chi connectivity index (χ2n) is 13.2. The Morgan fingerprint density at radius 2 is 0.679 bits per heavy atom. The van der Waals surface area contributed by atoms with E-state index in [0.29, 0.717) is 0 Å². The minimum absolute atomic E-state index is 0.983. The van der Waals surface area contributed by atoms with E-state index in [2.05, 4.69) is 210 Å². The van der Waals surface area contributed by atoms with Crippen LogP contribution in [0.3, 0.4) is 0 Å². The summed E-state index contributed by atoms with van der Waals surface area (Å²) in [4.78, 5) is 6.95. The van der Waals surface area contributed by atoms with Crippen LogP contribution in [0.5, 0.6) is 0 Å². The van der Waals surface area contributed by atoms with Crippen LogP contribution >= 0.6 is 0 Å². The number of rotatable bonds is 8. The van der Waals surface area contributed by atoms with E-state index in [1.54, 1.807) is 0 Å². The molecule has 2 heteroatoms. The third kappa shape index (κ3) is 6.39. The Hall–Kier alpha value is -7.03. The molecule has 0 saturated heterocycles. The van der Waals surface area contributed by atoms with Gasteiger partial charge in [0.1, 0.15) is 0 Å². The van der Waals surface area contributed by atoms with Gasteiger partial charge in [-0.1, -0.05) is 164 Å². The molecule has 2 nitrogen and oxygen atoms in total. The third-order valence-electron chi connectivity index (χ3n) is 9.98. The monoisotopic (exact) mass is 676 g/mol. The fourth-order valence-corrected chi connectivity index (χ4v) is 7.36. The average Bonchev–Trinajstić information content (AvgIpc) is 3.25. The number of para-hydroxylation sites is 1. The summed E-state index contributed by atoms with van der Waals surface area (Å²) in [6.07, 6.45) is 1.85. The van der Waals surface area contributed by atoms with Crippen LogP contribution in [0.15, 0.2) is 219 Å². The number of aromatic nitrogens is 1. The molecule has 0 saturated carbocycles. The molecule has 0 N–H and O–H groups in total. The maximum atomic E-state index is 4.63. The first-order chi connectivity index (χ1) is 26.3. The van der Waals surface area contributed by atoms with Gasteiger partial charge < -0.3 is 4.90 Å². The zero-order chi connectivity index (χ0) is 35.4. The van der Waals surface area contributed by atoms with Crippen molar-refractivity contribution in [1.82, 2.24) is 4.98 Å². The molecule has 1 aromatic heterocycles. The molecule has 0 unspecified atom stereocenters. The number of pyridine rings is 1. The van der Waals surface area contributed by atoms with Crippen molar-refractivity contribution in [1.29, 1.82) is 0 Å². The lowest BCUT2D eigenvalue weighted by Gasteiger charge is -2.26. The van der Waals surface area contributed by atoms with Gasteiger partial charge >= 0.3 is 0 Å². The summed E-state index contributed by atoms with van der Waals surface area (Å²) in [7, 11) is 0. The summed E-state index contributed by atoms with van der Waals surface area (Å²) in [5.41, 5.74) is 15.1.